The Bertz CT molecular complexity index is 462. The molecule has 0 amide bonds. The lowest BCUT2D eigenvalue weighted by atomic mass is 9.95. The Balaban J connectivity index is 1.63. The van der Waals surface area contributed by atoms with Gasteiger partial charge in [0.25, 0.3) is 0 Å². The summed E-state index contributed by atoms with van der Waals surface area (Å²) in [6.45, 7) is 4.61. The first-order valence-electron chi connectivity index (χ1n) is 7.54. The van der Waals surface area contributed by atoms with Crippen LogP contribution in [0.25, 0.3) is 0 Å². The number of nitrogens with one attached hydrogen (secondary N) is 1. The first-order chi connectivity index (χ1) is 9.66. The Morgan fingerprint density at radius 3 is 2.90 bits per heavy atom. The van der Waals surface area contributed by atoms with Crippen LogP contribution >= 0.6 is 11.6 Å². The molecule has 0 bridgehead atoms. The van der Waals surface area contributed by atoms with Gasteiger partial charge in [-0.1, -0.05) is 23.7 Å². The Morgan fingerprint density at radius 2 is 2.15 bits per heavy atom. The fraction of sp³-hybridized carbons (Fsp3) is 0.625. The zero-order valence-electron chi connectivity index (χ0n) is 11.7. The minimum Gasteiger partial charge on any atom is -0.317 e. The third kappa shape index (κ3) is 3.16. The highest BCUT2D eigenvalue weighted by molar-refractivity contribution is 6.30. The van der Waals surface area contributed by atoms with Crippen LogP contribution in [0.4, 0.5) is 4.39 Å². The molecule has 1 N–H and O–H groups in total. The summed E-state index contributed by atoms with van der Waals surface area (Å²) in [4.78, 5) is 2.29. The number of alkyl halides is 1. The highest BCUT2D eigenvalue weighted by Gasteiger charge is 2.40. The summed E-state index contributed by atoms with van der Waals surface area (Å²) in [7, 11) is 0. The smallest absolute Gasteiger partial charge is 0.149 e. The van der Waals surface area contributed by atoms with E-state index >= 15 is 4.39 Å². The summed E-state index contributed by atoms with van der Waals surface area (Å²) in [5, 5.41) is 4.00. The molecule has 110 valence electrons. The summed E-state index contributed by atoms with van der Waals surface area (Å²) in [6.07, 6.45) is 3.01. The van der Waals surface area contributed by atoms with Crippen molar-refractivity contribution in [1.29, 1.82) is 0 Å². The number of nitrogens with zero attached hydrogens (tertiary/aromatic N) is 1. The molecule has 0 aliphatic carbocycles. The molecular weight excluding hydrogens is 275 g/mol. The second kappa shape index (κ2) is 6.00. The number of likely N-dealkylation sites (tertiary alicyclic amines) is 1. The fourth-order valence-electron chi connectivity index (χ4n) is 3.44. The molecule has 0 radical (unpaired) electrons. The van der Waals surface area contributed by atoms with E-state index in [1.807, 2.05) is 12.1 Å². The van der Waals surface area contributed by atoms with Crippen LogP contribution in [0, 0.1) is 5.92 Å². The summed E-state index contributed by atoms with van der Waals surface area (Å²) < 4.78 is 15.1. The highest BCUT2D eigenvalue weighted by atomic mass is 35.5. The molecule has 2 saturated heterocycles. The molecule has 1 aromatic rings. The van der Waals surface area contributed by atoms with Gasteiger partial charge in [-0.2, -0.15) is 0 Å². The van der Waals surface area contributed by atoms with Gasteiger partial charge in [-0.3, -0.25) is 4.90 Å². The molecular formula is C16H22ClFN2. The van der Waals surface area contributed by atoms with Gasteiger partial charge in [0, 0.05) is 24.7 Å². The molecule has 1 unspecified atom stereocenters. The molecule has 0 saturated carbocycles. The van der Waals surface area contributed by atoms with Crippen LogP contribution < -0.4 is 5.32 Å². The molecule has 4 heteroatoms. The zero-order valence-corrected chi connectivity index (χ0v) is 12.5. The summed E-state index contributed by atoms with van der Waals surface area (Å²) >= 11 is 5.99. The number of benzene rings is 1. The van der Waals surface area contributed by atoms with E-state index in [4.69, 9.17) is 11.6 Å². The molecule has 2 nitrogen and oxygen atoms in total. The molecule has 2 aliphatic rings. The molecule has 1 atom stereocenters. The van der Waals surface area contributed by atoms with Crippen LogP contribution in [-0.4, -0.2) is 37.6 Å². The monoisotopic (exact) mass is 296 g/mol. The summed E-state index contributed by atoms with van der Waals surface area (Å²) in [5.41, 5.74) is -0.490. The first kappa shape index (κ1) is 14.3. The van der Waals surface area contributed by atoms with Gasteiger partial charge < -0.3 is 5.32 Å². The van der Waals surface area contributed by atoms with Gasteiger partial charge in [-0.25, -0.2) is 4.39 Å². The average molecular weight is 297 g/mol. The van der Waals surface area contributed by atoms with Crippen molar-refractivity contribution in [2.45, 2.75) is 24.9 Å². The highest BCUT2D eigenvalue weighted by Crippen LogP contribution is 2.37. The number of hydrogen-bond donors (Lipinski definition) is 1. The third-order valence-electron chi connectivity index (χ3n) is 4.62. The molecule has 2 fully saturated rings. The maximum absolute atomic E-state index is 15.1. The minimum absolute atomic E-state index is 0.511. The maximum Gasteiger partial charge on any atom is 0.149 e. The quantitative estimate of drug-likeness (QED) is 0.921. The van der Waals surface area contributed by atoms with Crippen molar-refractivity contribution in [2.75, 3.05) is 32.7 Å². The van der Waals surface area contributed by atoms with E-state index in [1.165, 1.54) is 12.8 Å². The summed E-state index contributed by atoms with van der Waals surface area (Å²) in [6, 6.07) is 7.28. The Morgan fingerprint density at radius 1 is 1.35 bits per heavy atom. The summed E-state index contributed by atoms with van der Waals surface area (Å²) in [5.74, 6) is 0.720. The van der Waals surface area contributed by atoms with Gasteiger partial charge in [-0.15, -0.1) is 0 Å². The van der Waals surface area contributed by atoms with Crippen LogP contribution in [0.15, 0.2) is 24.3 Å². The molecule has 0 aromatic heterocycles. The van der Waals surface area contributed by atoms with Crippen molar-refractivity contribution in [2.24, 2.45) is 5.92 Å². The van der Waals surface area contributed by atoms with E-state index in [9.17, 15) is 0 Å². The lowest BCUT2D eigenvalue weighted by molar-refractivity contribution is 0.154. The third-order valence-corrected chi connectivity index (χ3v) is 4.85. The van der Waals surface area contributed by atoms with Gasteiger partial charge in [0.05, 0.1) is 0 Å². The van der Waals surface area contributed by atoms with Crippen molar-refractivity contribution in [3.8, 4) is 0 Å². The minimum atomic E-state index is -1.22. The van der Waals surface area contributed by atoms with Crippen molar-refractivity contribution in [1.82, 2.24) is 10.2 Å². The predicted octanol–water partition coefficient (Wildman–Crippen LogP) is 3.21. The van der Waals surface area contributed by atoms with Crippen molar-refractivity contribution in [3.05, 3.63) is 34.9 Å². The molecule has 20 heavy (non-hydrogen) atoms. The Hall–Kier alpha value is -0.640. The SMILES string of the molecule is FC1(c2cccc(Cl)c2)CCN(CC2CCNCC2)C1. The van der Waals surface area contributed by atoms with Gasteiger partial charge in [-0.05, 0) is 56.0 Å². The lowest BCUT2D eigenvalue weighted by Gasteiger charge is -2.28. The van der Waals surface area contributed by atoms with Crippen LogP contribution in [0.5, 0.6) is 0 Å². The number of hydrogen-bond acceptors (Lipinski definition) is 2. The van der Waals surface area contributed by atoms with Crippen LogP contribution in [-0.2, 0) is 5.67 Å². The van der Waals surface area contributed by atoms with E-state index in [-0.39, 0.29) is 0 Å². The van der Waals surface area contributed by atoms with Crippen molar-refractivity contribution < 1.29 is 4.39 Å². The van der Waals surface area contributed by atoms with E-state index in [2.05, 4.69) is 10.2 Å². The standard InChI is InChI=1S/C16H22ClFN2/c17-15-3-1-2-14(10-15)16(18)6-9-20(12-16)11-13-4-7-19-8-5-13/h1-3,10,13,19H,4-9,11-12H2. The zero-order chi connectivity index (χ0) is 14.0. The van der Waals surface area contributed by atoms with E-state index in [0.29, 0.717) is 18.0 Å². The number of halogens is 2. The fourth-order valence-corrected chi connectivity index (χ4v) is 3.63. The molecule has 1 aromatic carbocycles. The normalized spacial score (nSPS) is 28.9. The van der Waals surface area contributed by atoms with Gasteiger partial charge >= 0.3 is 0 Å². The molecule has 2 aliphatic heterocycles. The van der Waals surface area contributed by atoms with Crippen LogP contribution in [0.3, 0.4) is 0 Å². The topological polar surface area (TPSA) is 15.3 Å². The molecule has 0 spiro atoms. The van der Waals surface area contributed by atoms with Crippen molar-refractivity contribution >= 4 is 11.6 Å². The Kier molecular flexibility index (Phi) is 4.29. The average Bonchev–Trinajstić information content (AvgIpc) is 2.83. The maximum atomic E-state index is 15.1. The van der Waals surface area contributed by atoms with E-state index < -0.39 is 5.67 Å². The molecule has 3 rings (SSSR count). The Labute approximate surface area is 125 Å². The predicted molar refractivity (Wildman–Crippen MR) is 80.9 cm³/mol. The number of rotatable bonds is 3. The van der Waals surface area contributed by atoms with Gasteiger partial charge in [0.15, 0.2) is 0 Å². The largest absolute Gasteiger partial charge is 0.317 e. The lowest BCUT2D eigenvalue weighted by Crippen LogP contribution is -2.36. The van der Waals surface area contributed by atoms with E-state index in [0.717, 1.165) is 37.7 Å². The first-order valence-corrected chi connectivity index (χ1v) is 7.91. The van der Waals surface area contributed by atoms with Gasteiger partial charge in [0.2, 0.25) is 0 Å². The van der Waals surface area contributed by atoms with Crippen LogP contribution in [0.1, 0.15) is 24.8 Å². The second-order valence-electron chi connectivity index (χ2n) is 6.15. The van der Waals surface area contributed by atoms with E-state index in [1.54, 1.807) is 12.1 Å². The number of piperidine rings is 1. The molecule has 2 heterocycles. The van der Waals surface area contributed by atoms with Crippen LogP contribution in [0.2, 0.25) is 5.02 Å². The van der Waals surface area contributed by atoms with Crippen molar-refractivity contribution in [3.63, 3.8) is 0 Å². The van der Waals surface area contributed by atoms with Gasteiger partial charge in [0.1, 0.15) is 5.67 Å². The second-order valence-corrected chi connectivity index (χ2v) is 6.59.